The van der Waals surface area contributed by atoms with Gasteiger partial charge in [0.05, 0.1) is 26.5 Å². The van der Waals surface area contributed by atoms with Crippen molar-refractivity contribution in [1.82, 2.24) is 5.32 Å². The van der Waals surface area contributed by atoms with E-state index >= 15 is 0 Å². The number of carbonyl (C=O) groups is 3. The van der Waals surface area contributed by atoms with Crippen LogP contribution in [0.4, 0.5) is 5.69 Å². The highest BCUT2D eigenvalue weighted by Crippen LogP contribution is 2.31. The Morgan fingerprint density at radius 3 is 2.47 bits per heavy atom. The Morgan fingerprint density at radius 2 is 1.79 bits per heavy atom. The topological polar surface area (TPSA) is 117 Å². The van der Waals surface area contributed by atoms with Gasteiger partial charge in [-0.25, -0.2) is 4.79 Å². The van der Waals surface area contributed by atoms with Gasteiger partial charge >= 0.3 is 5.97 Å². The summed E-state index contributed by atoms with van der Waals surface area (Å²) in [6.45, 7) is 2.41. The van der Waals surface area contributed by atoms with Crippen molar-refractivity contribution in [3.05, 3.63) is 77.3 Å². The van der Waals surface area contributed by atoms with Crippen molar-refractivity contribution in [2.75, 3.05) is 25.7 Å². The normalized spacial score (nSPS) is 14.3. The molecule has 1 aromatic heterocycles. The average molecular weight is 537 g/mol. The molecule has 3 aromatic rings. The standard InChI is InChI=1S/C27H24N2O8S/c1-4-35-18-8-6-17(7-9-18)29-25(31)20(24(30)28-27(29)38)13-16-5-11-21(23(14-16)33-2)36-15-19-10-12-22(37-19)26(32)34-3/h5-14H,4,15H2,1-3H3,(H,28,30,38)/b20-13-. The zero-order valence-corrected chi connectivity index (χ0v) is 21.6. The molecule has 1 fully saturated rings. The van der Waals surface area contributed by atoms with E-state index in [1.165, 1.54) is 31.3 Å². The van der Waals surface area contributed by atoms with Crippen molar-refractivity contribution < 1.29 is 37.7 Å². The average Bonchev–Trinajstić information content (AvgIpc) is 3.40. The number of nitrogens with one attached hydrogen (secondary N) is 1. The van der Waals surface area contributed by atoms with Crippen LogP contribution in [-0.2, 0) is 20.9 Å². The number of esters is 1. The molecule has 196 valence electrons. The number of rotatable bonds is 9. The second kappa shape index (κ2) is 11.6. The highest BCUT2D eigenvalue weighted by Gasteiger charge is 2.34. The molecule has 0 unspecified atom stereocenters. The lowest BCUT2D eigenvalue weighted by molar-refractivity contribution is -0.122. The van der Waals surface area contributed by atoms with Crippen LogP contribution >= 0.6 is 12.2 Å². The first kappa shape index (κ1) is 26.4. The van der Waals surface area contributed by atoms with Crippen LogP contribution < -0.4 is 24.4 Å². The summed E-state index contributed by atoms with van der Waals surface area (Å²) in [7, 11) is 2.73. The summed E-state index contributed by atoms with van der Waals surface area (Å²) in [5, 5.41) is 2.54. The maximum atomic E-state index is 13.3. The molecular weight excluding hydrogens is 512 g/mol. The number of anilines is 1. The Hall–Kier alpha value is -4.64. The molecule has 0 saturated carbocycles. The predicted octanol–water partition coefficient (Wildman–Crippen LogP) is 3.88. The third kappa shape index (κ3) is 5.68. The number of furan rings is 1. The highest BCUT2D eigenvalue weighted by molar-refractivity contribution is 7.80. The molecule has 0 radical (unpaired) electrons. The minimum atomic E-state index is -0.610. The summed E-state index contributed by atoms with van der Waals surface area (Å²) in [4.78, 5) is 38.8. The van der Waals surface area contributed by atoms with E-state index in [1.54, 1.807) is 48.5 Å². The highest BCUT2D eigenvalue weighted by atomic mass is 32.1. The first-order chi connectivity index (χ1) is 18.3. The van der Waals surface area contributed by atoms with Crippen LogP contribution in [0.1, 0.15) is 28.8 Å². The molecule has 11 heteroatoms. The third-order valence-electron chi connectivity index (χ3n) is 5.42. The van der Waals surface area contributed by atoms with Crippen LogP contribution in [0.2, 0.25) is 0 Å². The van der Waals surface area contributed by atoms with Gasteiger partial charge in [-0.15, -0.1) is 0 Å². The van der Waals surface area contributed by atoms with Crippen molar-refractivity contribution in [3.63, 3.8) is 0 Å². The fraction of sp³-hybridized carbons (Fsp3) is 0.185. The molecule has 10 nitrogen and oxygen atoms in total. The van der Waals surface area contributed by atoms with Gasteiger partial charge in [0.1, 0.15) is 23.7 Å². The van der Waals surface area contributed by atoms with E-state index in [1.807, 2.05) is 6.92 Å². The third-order valence-corrected chi connectivity index (χ3v) is 5.71. The van der Waals surface area contributed by atoms with Gasteiger partial charge in [-0.1, -0.05) is 6.07 Å². The minimum absolute atomic E-state index is 0.0177. The lowest BCUT2D eigenvalue weighted by atomic mass is 10.1. The molecule has 4 rings (SSSR count). The Balaban J connectivity index is 1.54. The van der Waals surface area contributed by atoms with E-state index in [0.717, 1.165) is 0 Å². The summed E-state index contributed by atoms with van der Waals surface area (Å²) >= 11 is 5.26. The number of nitrogens with zero attached hydrogens (tertiary/aromatic N) is 1. The van der Waals surface area contributed by atoms with Crippen LogP contribution in [0.25, 0.3) is 6.08 Å². The van der Waals surface area contributed by atoms with Gasteiger partial charge in [0.15, 0.2) is 16.6 Å². The Labute approximate surface area is 223 Å². The van der Waals surface area contributed by atoms with Gasteiger partial charge < -0.3 is 23.4 Å². The number of carbonyl (C=O) groups excluding carboxylic acids is 3. The SMILES string of the molecule is CCOc1ccc(N2C(=O)/C(=C\c3ccc(OCc4ccc(C(=O)OC)o4)c(OC)c3)C(=O)NC2=S)cc1. The fourth-order valence-electron chi connectivity index (χ4n) is 3.62. The Bertz CT molecular complexity index is 1410. The van der Waals surface area contributed by atoms with Gasteiger partial charge in [-0.2, -0.15) is 0 Å². The first-order valence-corrected chi connectivity index (χ1v) is 11.9. The molecule has 1 aliphatic rings. The molecule has 1 saturated heterocycles. The minimum Gasteiger partial charge on any atom is -0.494 e. The maximum absolute atomic E-state index is 13.3. The van der Waals surface area contributed by atoms with Gasteiger partial charge in [-0.05, 0) is 79.3 Å². The second-order valence-electron chi connectivity index (χ2n) is 7.84. The second-order valence-corrected chi connectivity index (χ2v) is 8.23. The molecule has 2 amide bonds. The molecule has 0 bridgehead atoms. The monoisotopic (exact) mass is 536 g/mol. The molecule has 1 N–H and O–H groups in total. The lowest BCUT2D eigenvalue weighted by Crippen LogP contribution is -2.54. The van der Waals surface area contributed by atoms with E-state index in [-0.39, 0.29) is 23.1 Å². The van der Waals surface area contributed by atoms with Gasteiger partial charge in [0.2, 0.25) is 5.76 Å². The van der Waals surface area contributed by atoms with E-state index < -0.39 is 17.8 Å². The van der Waals surface area contributed by atoms with Gasteiger partial charge in [0, 0.05) is 0 Å². The van der Waals surface area contributed by atoms with Gasteiger partial charge in [0.25, 0.3) is 11.8 Å². The molecule has 0 atom stereocenters. The Morgan fingerprint density at radius 1 is 1.03 bits per heavy atom. The molecule has 2 aromatic carbocycles. The molecule has 2 heterocycles. The van der Waals surface area contributed by atoms with E-state index in [2.05, 4.69) is 10.1 Å². The molecule has 1 aliphatic heterocycles. The van der Waals surface area contributed by atoms with Crippen LogP contribution in [-0.4, -0.2) is 43.7 Å². The predicted molar refractivity (Wildman–Crippen MR) is 141 cm³/mol. The fourth-order valence-corrected chi connectivity index (χ4v) is 3.91. The van der Waals surface area contributed by atoms with E-state index in [9.17, 15) is 14.4 Å². The van der Waals surface area contributed by atoms with Crippen molar-refractivity contribution in [3.8, 4) is 17.2 Å². The quantitative estimate of drug-likeness (QED) is 0.188. The summed E-state index contributed by atoms with van der Waals surface area (Å²) in [6.07, 6.45) is 1.45. The van der Waals surface area contributed by atoms with E-state index in [4.69, 9.17) is 30.8 Å². The summed E-state index contributed by atoms with van der Waals surface area (Å²) in [6, 6.07) is 14.8. The summed E-state index contributed by atoms with van der Waals surface area (Å²) < 4.78 is 26.7. The summed E-state index contributed by atoms with van der Waals surface area (Å²) in [5.74, 6) is 0.111. The molecule has 0 spiro atoms. The molecular formula is C27H24N2O8S. The van der Waals surface area contributed by atoms with Crippen LogP contribution in [0.3, 0.4) is 0 Å². The van der Waals surface area contributed by atoms with Gasteiger partial charge in [-0.3, -0.25) is 19.8 Å². The Kier molecular flexibility index (Phi) is 8.07. The van der Waals surface area contributed by atoms with Crippen molar-refractivity contribution in [2.45, 2.75) is 13.5 Å². The molecule has 0 aliphatic carbocycles. The number of methoxy groups -OCH3 is 2. The van der Waals surface area contributed by atoms with Crippen molar-refractivity contribution in [1.29, 1.82) is 0 Å². The number of hydrogen-bond acceptors (Lipinski definition) is 9. The number of benzene rings is 2. The van der Waals surface area contributed by atoms with Crippen molar-refractivity contribution >= 4 is 46.9 Å². The number of amides is 2. The number of thiocarbonyl (C=S) groups is 1. The maximum Gasteiger partial charge on any atom is 0.373 e. The van der Waals surface area contributed by atoms with Crippen LogP contribution in [0, 0.1) is 0 Å². The largest absolute Gasteiger partial charge is 0.494 e. The van der Waals surface area contributed by atoms with Crippen LogP contribution in [0.5, 0.6) is 17.2 Å². The first-order valence-electron chi connectivity index (χ1n) is 11.5. The lowest BCUT2D eigenvalue weighted by Gasteiger charge is -2.29. The zero-order chi connectivity index (χ0) is 27.2. The number of hydrogen-bond donors (Lipinski definition) is 1. The van der Waals surface area contributed by atoms with E-state index in [0.29, 0.717) is 40.9 Å². The number of ether oxygens (including phenoxy) is 4. The molecule has 38 heavy (non-hydrogen) atoms. The smallest absolute Gasteiger partial charge is 0.373 e. The van der Waals surface area contributed by atoms with Crippen molar-refractivity contribution in [2.24, 2.45) is 0 Å². The summed E-state index contributed by atoms with van der Waals surface area (Å²) in [5.41, 5.74) is 0.913. The van der Waals surface area contributed by atoms with Crippen LogP contribution in [0.15, 0.2) is 64.6 Å². The zero-order valence-electron chi connectivity index (χ0n) is 20.8.